The van der Waals surface area contributed by atoms with Gasteiger partial charge >= 0.3 is 11.9 Å². The van der Waals surface area contributed by atoms with Crippen molar-refractivity contribution < 1.29 is 48.5 Å². The fraction of sp³-hybridized carbons (Fsp3) is 0.400. The lowest BCUT2D eigenvalue weighted by atomic mass is 10.0. The second-order valence-corrected chi connectivity index (χ2v) is 12.9. The number of rotatable bonds is 11. The Morgan fingerprint density at radius 3 is 1.65 bits per heavy atom. The van der Waals surface area contributed by atoms with Crippen LogP contribution in [0.3, 0.4) is 0 Å². The summed E-state index contributed by atoms with van der Waals surface area (Å²) < 4.78 is 20.7. The number of nitrogens with two attached hydrogens (primary N) is 1. The number of nitro benzene ring substituents is 1. The van der Waals surface area contributed by atoms with Crippen LogP contribution in [0.2, 0.25) is 0 Å². The van der Waals surface area contributed by atoms with E-state index in [-0.39, 0.29) is 34.9 Å². The number of phenols is 2. The van der Waals surface area contributed by atoms with Crippen LogP contribution < -0.4 is 20.5 Å². The third kappa shape index (κ3) is 13.3. The standard InChI is InChI=1S/C21H24N2O7.C14H21NO4/c1-21(2,3)30-20(26)16(11-13-5-10-17(24)18(12-13)29-4)22-19(25)14-6-8-15(9-7-14)23(27)28;1-14(2,3)19-13(17)10(15)7-9-5-6-11(16)12(8-9)18-4/h5-10,12,16,24H,11H2,1-4H3,(H,22,25);5-6,8,10,16H,7,15H2,1-4H3. The topological polar surface area (TPSA) is 210 Å². The molecule has 3 aromatic rings. The Morgan fingerprint density at radius 1 is 0.776 bits per heavy atom. The van der Waals surface area contributed by atoms with E-state index in [1.165, 1.54) is 50.6 Å². The highest BCUT2D eigenvalue weighted by molar-refractivity contribution is 5.97. The lowest BCUT2D eigenvalue weighted by Gasteiger charge is -2.25. The summed E-state index contributed by atoms with van der Waals surface area (Å²) in [7, 11) is 2.87. The lowest BCUT2D eigenvalue weighted by molar-refractivity contribution is -0.384. The van der Waals surface area contributed by atoms with Crippen molar-refractivity contribution in [3.63, 3.8) is 0 Å². The van der Waals surface area contributed by atoms with E-state index in [0.29, 0.717) is 17.7 Å². The zero-order valence-electron chi connectivity index (χ0n) is 28.9. The van der Waals surface area contributed by atoms with Crippen molar-refractivity contribution in [1.82, 2.24) is 5.32 Å². The van der Waals surface area contributed by atoms with Crippen molar-refractivity contribution >= 4 is 23.5 Å². The zero-order valence-corrected chi connectivity index (χ0v) is 28.9. The van der Waals surface area contributed by atoms with Gasteiger partial charge in [0.1, 0.15) is 23.3 Å². The second kappa shape index (κ2) is 17.2. The Hall–Kier alpha value is -5.37. The quantitative estimate of drug-likeness (QED) is 0.124. The molecule has 0 aliphatic heterocycles. The van der Waals surface area contributed by atoms with Crippen molar-refractivity contribution in [2.24, 2.45) is 5.73 Å². The highest BCUT2D eigenvalue weighted by Gasteiger charge is 2.28. The van der Waals surface area contributed by atoms with Crippen LogP contribution in [-0.2, 0) is 31.9 Å². The number of amides is 1. The average Bonchev–Trinajstić information content (AvgIpc) is 3.01. The number of benzene rings is 3. The molecular formula is C35H45N3O11. The van der Waals surface area contributed by atoms with Crippen LogP contribution >= 0.6 is 0 Å². The Kier molecular flexibility index (Phi) is 13.9. The van der Waals surface area contributed by atoms with E-state index in [0.717, 1.165) is 5.56 Å². The minimum atomic E-state index is -1.03. The van der Waals surface area contributed by atoms with Crippen LogP contribution in [0.25, 0.3) is 0 Å². The number of nitro groups is 1. The summed E-state index contributed by atoms with van der Waals surface area (Å²) in [6.45, 7) is 10.5. The highest BCUT2D eigenvalue weighted by atomic mass is 16.6. The van der Waals surface area contributed by atoms with Gasteiger partial charge in [-0.25, -0.2) is 4.79 Å². The highest BCUT2D eigenvalue weighted by Crippen LogP contribution is 2.28. The van der Waals surface area contributed by atoms with Crippen LogP contribution in [-0.4, -0.2) is 70.5 Å². The molecule has 0 spiro atoms. The minimum absolute atomic E-state index is 0.0509. The molecule has 0 aliphatic carbocycles. The van der Waals surface area contributed by atoms with Crippen molar-refractivity contribution in [1.29, 1.82) is 0 Å². The molecule has 1 amide bonds. The number of nitrogens with one attached hydrogen (secondary N) is 1. The number of nitrogens with zero attached hydrogens (tertiary/aromatic N) is 1. The molecule has 0 saturated heterocycles. The maximum absolute atomic E-state index is 12.7. The molecule has 0 saturated carbocycles. The van der Waals surface area contributed by atoms with Gasteiger partial charge in [-0.05, 0) is 95.5 Å². The maximum atomic E-state index is 12.7. The summed E-state index contributed by atoms with van der Waals surface area (Å²) in [6.07, 6.45) is 0.413. The van der Waals surface area contributed by atoms with Crippen molar-refractivity contribution in [3.05, 3.63) is 87.5 Å². The van der Waals surface area contributed by atoms with Gasteiger partial charge in [0.25, 0.3) is 11.6 Å². The van der Waals surface area contributed by atoms with Crippen molar-refractivity contribution in [2.75, 3.05) is 14.2 Å². The van der Waals surface area contributed by atoms with Gasteiger partial charge in [0, 0.05) is 24.1 Å². The molecule has 0 aliphatic rings. The fourth-order valence-electron chi connectivity index (χ4n) is 4.19. The number of ether oxygens (including phenoxy) is 4. The van der Waals surface area contributed by atoms with Gasteiger partial charge in [0.2, 0.25) is 0 Å². The fourth-order valence-corrected chi connectivity index (χ4v) is 4.19. The second-order valence-electron chi connectivity index (χ2n) is 12.9. The van der Waals surface area contributed by atoms with E-state index in [9.17, 15) is 34.7 Å². The Balaban J connectivity index is 0.000000377. The van der Waals surface area contributed by atoms with E-state index in [1.807, 2.05) is 0 Å². The molecule has 5 N–H and O–H groups in total. The number of esters is 2. The zero-order chi connectivity index (χ0) is 37.1. The maximum Gasteiger partial charge on any atom is 0.329 e. The molecule has 2 atom stereocenters. The summed E-state index contributed by atoms with van der Waals surface area (Å²) in [5, 5.41) is 32.6. The largest absolute Gasteiger partial charge is 0.504 e. The first kappa shape index (κ1) is 39.8. The van der Waals surface area contributed by atoms with Gasteiger partial charge in [-0.2, -0.15) is 0 Å². The monoisotopic (exact) mass is 683 g/mol. The molecule has 14 heteroatoms. The number of carbonyl (C=O) groups excluding carboxylic acids is 3. The number of aromatic hydroxyl groups is 2. The third-order valence-corrected chi connectivity index (χ3v) is 6.43. The van der Waals surface area contributed by atoms with E-state index in [4.69, 9.17) is 24.7 Å². The predicted octanol–water partition coefficient (Wildman–Crippen LogP) is 4.60. The van der Waals surface area contributed by atoms with Crippen LogP contribution in [0, 0.1) is 10.1 Å². The number of non-ortho nitro benzene ring substituents is 1. The van der Waals surface area contributed by atoms with Gasteiger partial charge in [0.05, 0.1) is 19.1 Å². The molecule has 2 unspecified atom stereocenters. The lowest BCUT2D eigenvalue weighted by Crippen LogP contribution is -2.45. The van der Waals surface area contributed by atoms with Crippen molar-refractivity contribution in [3.8, 4) is 23.0 Å². The molecule has 0 fully saturated rings. The predicted molar refractivity (Wildman–Crippen MR) is 181 cm³/mol. The molecule has 14 nitrogen and oxygen atoms in total. The number of carbonyl (C=O) groups is 3. The molecule has 0 bridgehead atoms. The molecule has 49 heavy (non-hydrogen) atoms. The smallest absolute Gasteiger partial charge is 0.329 e. The number of methoxy groups -OCH3 is 2. The van der Waals surface area contributed by atoms with Crippen LogP contribution in [0.15, 0.2) is 60.7 Å². The molecule has 3 rings (SSSR count). The van der Waals surface area contributed by atoms with E-state index < -0.39 is 46.1 Å². The first-order valence-corrected chi connectivity index (χ1v) is 15.2. The summed E-state index contributed by atoms with van der Waals surface area (Å²) in [5.41, 5.74) is 5.94. The number of hydrogen-bond donors (Lipinski definition) is 4. The molecular weight excluding hydrogens is 638 g/mol. The van der Waals surface area contributed by atoms with Crippen LogP contribution in [0.1, 0.15) is 63.0 Å². The van der Waals surface area contributed by atoms with E-state index >= 15 is 0 Å². The minimum Gasteiger partial charge on any atom is -0.504 e. The van der Waals surface area contributed by atoms with Crippen LogP contribution in [0.5, 0.6) is 23.0 Å². The first-order chi connectivity index (χ1) is 22.7. The molecule has 0 heterocycles. The summed E-state index contributed by atoms with van der Waals surface area (Å²) >= 11 is 0. The Bertz CT molecular complexity index is 1610. The summed E-state index contributed by atoms with van der Waals surface area (Å²) in [5.74, 6) is -1.07. The van der Waals surface area contributed by atoms with Gasteiger partial charge in [0.15, 0.2) is 23.0 Å². The number of hydrogen-bond acceptors (Lipinski definition) is 12. The SMILES string of the molecule is COc1cc(CC(N)C(=O)OC(C)(C)C)ccc1O.COc1cc(CC(NC(=O)c2ccc([N+](=O)[O-])cc2)C(=O)OC(C)(C)C)ccc1O. The average molecular weight is 684 g/mol. The van der Waals surface area contributed by atoms with Crippen LogP contribution in [0.4, 0.5) is 5.69 Å². The van der Waals surface area contributed by atoms with E-state index in [2.05, 4.69) is 5.32 Å². The normalized spacial score (nSPS) is 12.3. The summed E-state index contributed by atoms with van der Waals surface area (Å²) in [6, 6.07) is 12.7. The van der Waals surface area contributed by atoms with Gasteiger partial charge < -0.3 is 40.2 Å². The van der Waals surface area contributed by atoms with Crippen molar-refractivity contribution in [2.45, 2.75) is 77.7 Å². The molecule has 0 aromatic heterocycles. The first-order valence-electron chi connectivity index (χ1n) is 15.2. The van der Waals surface area contributed by atoms with Gasteiger partial charge in [-0.1, -0.05) is 12.1 Å². The molecule has 0 radical (unpaired) electrons. The van der Waals surface area contributed by atoms with E-state index in [1.54, 1.807) is 65.8 Å². The molecule has 266 valence electrons. The Labute approximate surface area is 285 Å². The van der Waals surface area contributed by atoms with Gasteiger partial charge in [-0.15, -0.1) is 0 Å². The third-order valence-electron chi connectivity index (χ3n) is 6.43. The number of phenolic OH excluding ortho intramolecular Hbond substituents is 2. The summed E-state index contributed by atoms with van der Waals surface area (Å²) in [4.78, 5) is 47.3. The van der Waals surface area contributed by atoms with Gasteiger partial charge in [-0.3, -0.25) is 19.7 Å². The Morgan fingerprint density at radius 2 is 1.22 bits per heavy atom. The molecule has 3 aromatic carbocycles.